The SMILES string of the molecule is COc1ccc(C[C](C)C)c(OC)c1. The maximum absolute atomic E-state index is 5.30. The van der Waals surface area contributed by atoms with Crippen molar-refractivity contribution in [3.8, 4) is 11.5 Å². The molecule has 0 N–H and O–H groups in total. The smallest absolute Gasteiger partial charge is 0.125 e. The summed E-state index contributed by atoms with van der Waals surface area (Å²) in [4.78, 5) is 0. The third kappa shape index (κ3) is 2.66. The lowest BCUT2D eigenvalue weighted by molar-refractivity contribution is 0.391. The second-order valence-electron chi connectivity index (χ2n) is 3.56. The van der Waals surface area contributed by atoms with E-state index < -0.39 is 0 Å². The first-order valence-electron chi connectivity index (χ1n) is 4.67. The van der Waals surface area contributed by atoms with E-state index in [0.717, 1.165) is 17.9 Å². The molecule has 0 aliphatic heterocycles. The minimum Gasteiger partial charge on any atom is -0.497 e. The van der Waals surface area contributed by atoms with E-state index in [2.05, 4.69) is 13.8 Å². The molecule has 0 aromatic heterocycles. The molecule has 0 spiro atoms. The Bertz CT molecular complexity index is 292. The fraction of sp³-hybridized carbons (Fsp3) is 0.417. The second-order valence-corrected chi connectivity index (χ2v) is 3.56. The quantitative estimate of drug-likeness (QED) is 0.732. The van der Waals surface area contributed by atoms with Gasteiger partial charge in [-0.1, -0.05) is 19.9 Å². The molecule has 14 heavy (non-hydrogen) atoms. The summed E-state index contributed by atoms with van der Waals surface area (Å²) in [7, 11) is 3.34. The minimum absolute atomic E-state index is 0.833. The van der Waals surface area contributed by atoms with Gasteiger partial charge in [0.25, 0.3) is 0 Å². The van der Waals surface area contributed by atoms with Crippen molar-refractivity contribution in [2.45, 2.75) is 20.3 Å². The van der Waals surface area contributed by atoms with Gasteiger partial charge in [0.1, 0.15) is 11.5 Å². The first-order valence-corrected chi connectivity index (χ1v) is 4.67. The molecule has 0 aliphatic rings. The van der Waals surface area contributed by atoms with E-state index in [0.29, 0.717) is 0 Å². The van der Waals surface area contributed by atoms with Crippen LogP contribution in [0.1, 0.15) is 19.4 Å². The molecule has 1 rings (SSSR count). The van der Waals surface area contributed by atoms with E-state index in [-0.39, 0.29) is 0 Å². The first-order chi connectivity index (χ1) is 6.67. The molecule has 0 unspecified atom stereocenters. The number of rotatable bonds is 4. The summed E-state index contributed by atoms with van der Waals surface area (Å²) in [5.74, 6) is 3.10. The third-order valence-electron chi connectivity index (χ3n) is 2.04. The fourth-order valence-electron chi connectivity index (χ4n) is 1.38. The second kappa shape index (κ2) is 4.89. The van der Waals surface area contributed by atoms with Crippen LogP contribution in [0.15, 0.2) is 18.2 Å². The van der Waals surface area contributed by atoms with E-state index in [4.69, 9.17) is 9.47 Å². The minimum atomic E-state index is 0.833. The Morgan fingerprint density at radius 3 is 2.36 bits per heavy atom. The highest BCUT2D eigenvalue weighted by Crippen LogP contribution is 2.26. The molecular weight excluding hydrogens is 176 g/mol. The van der Waals surface area contributed by atoms with E-state index in [1.807, 2.05) is 18.2 Å². The Hall–Kier alpha value is -1.18. The molecule has 0 heterocycles. The summed E-state index contributed by atoms with van der Waals surface area (Å²) in [6, 6.07) is 5.92. The zero-order chi connectivity index (χ0) is 10.6. The van der Waals surface area contributed by atoms with Crippen LogP contribution in [-0.4, -0.2) is 14.2 Å². The lowest BCUT2D eigenvalue weighted by atomic mass is 10.0. The van der Waals surface area contributed by atoms with Crippen molar-refractivity contribution in [3.63, 3.8) is 0 Å². The van der Waals surface area contributed by atoms with Crippen molar-refractivity contribution in [1.82, 2.24) is 0 Å². The van der Waals surface area contributed by atoms with Gasteiger partial charge in [-0.3, -0.25) is 0 Å². The topological polar surface area (TPSA) is 18.5 Å². The lowest BCUT2D eigenvalue weighted by Gasteiger charge is -2.11. The van der Waals surface area contributed by atoms with Crippen LogP contribution in [-0.2, 0) is 6.42 Å². The van der Waals surface area contributed by atoms with Crippen LogP contribution in [0, 0.1) is 5.92 Å². The molecule has 0 bridgehead atoms. The average Bonchev–Trinajstić information content (AvgIpc) is 2.17. The van der Waals surface area contributed by atoms with Gasteiger partial charge in [-0.2, -0.15) is 0 Å². The van der Waals surface area contributed by atoms with E-state index >= 15 is 0 Å². The summed E-state index contributed by atoms with van der Waals surface area (Å²) >= 11 is 0. The monoisotopic (exact) mass is 193 g/mol. The molecule has 0 aliphatic carbocycles. The molecule has 0 atom stereocenters. The maximum atomic E-state index is 5.30. The van der Waals surface area contributed by atoms with E-state index in [1.165, 1.54) is 11.5 Å². The van der Waals surface area contributed by atoms with Gasteiger partial charge in [0.05, 0.1) is 14.2 Å². The Morgan fingerprint density at radius 1 is 1.14 bits per heavy atom. The van der Waals surface area contributed by atoms with Crippen molar-refractivity contribution >= 4 is 0 Å². The Morgan fingerprint density at radius 2 is 1.86 bits per heavy atom. The molecule has 0 amide bonds. The molecule has 1 aromatic rings. The van der Waals surface area contributed by atoms with Gasteiger partial charge in [0.2, 0.25) is 0 Å². The molecule has 1 radical (unpaired) electrons. The lowest BCUT2D eigenvalue weighted by Crippen LogP contribution is -1.97. The van der Waals surface area contributed by atoms with Crippen LogP contribution in [0.2, 0.25) is 0 Å². The van der Waals surface area contributed by atoms with Crippen molar-refractivity contribution in [2.75, 3.05) is 14.2 Å². The summed E-state index contributed by atoms with van der Waals surface area (Å²) in [6.45, 7) is 4.23. The molecule has 2 nitrogen and oxygen atoms in total. The molecule has 0 saturated carbocycles. The Labute approximate surface area is 85.8 Å². The van der Waals surface area contributed by atoms with E-state index in [9.17, 15) is 0 Å². The highest BCUT2D eigenvalue weighted by Gasteiger charge is 2.06. The van der Waals surface area contributed by atoms with Crippen molar-refractivity contribution in [3.05, 3.63) is 29.7 Å². The number of hydrogen-bond acceptors (Lipinski definition) is 2. The van der Waals surface area contributed by atoms with Gasteiger partial charge in [-0.05, 0) is 24.0 Å². The zero-order valence-corrected chi connectivity index (χ0v) is 9.26. The van der Waals surface area contributed by atoms with Crippen LogP contribution < -0.4 is 9.47 Å². The molecule has 0 fully saturated rings. The van der Waals surface area contributed by atoms with Gasteiger partial charge in [0, 0.05) is 6.07 Å². The predicted octanol–water partition coefficient (Wildman–Crippen LogP) is 2.86. The number of ether oxygens (including phenoxy) is 2. The van der Waals surface area contributed by atoms with Crippen LogP contribution in [0.25, 0.3) is 0 Å². The fourth-order valence-corrected chi connectivity index (χ4v) is 1.38. The van der Waals surface area contributed by atoms with Crippen molar-refractivity contribution in [1.29, 1.82) is 0 Å². The van der Waals surface area contributed by atoms with Crippen molar-refractivity contribution in [2.24, 2.45) is 0 Å². The summed E-state index contributed by atoms with van der Waals surface area (Å²) in [5.41, 5.74) is 1.20. The van der Waals surface area contributed by atoms with Gasteiger partial charge >= 0.3 is 0 Å². The van der Waals surface area contributed by atoms with Crippen molar-refractivity contribution < 1.29 is 9.47 Å². The van der Waals surface area contributed by atoms with Gasteiger partial charge < -0.3 is 9.47 Å². The normalized spacial score (nSPS) is 10.4. The first kappa shape index (κ1) is 10.9. The Kier molecular flexibility index (Phi) is 3.81. The predicted molar refractivity (Wildman–Crippen MR) is 57.8 cm³/mol. The zero-order valence-electron chi connectivity index (χ0n) is 9.26. The average molecular weight is 193 g/mol. The number of benzene rings is 1. The largest absolute Gasteiger partial charge is 0.497 e. The summed E-state index contributed by atoms with van der Waals surface area (Å²) in [5, 5.41) is 0. The van der Waals surface area contributed by atoms with Crippen LogP contribution >= 0.6 is 0 Å². The molecule has 2 heteroatoms. The molecular formula is C12H17O2. The highest BCUT2D eigenvalue weighted by molar-refractivity contribution is 5.41. The summed E-state index contributed by atoms with van der Waals surface area (Å²) in [6.07, 6.45) is 0.952. The maximum Gasteiger partial charge on any atom is 0.125 e. The standard InChI is InChI=1S/C12H17O2/c1-9(2)7-10-5-6-11(13-3)8-12(10)14-4/h5-6,8H,7H2,1-4H3. The number of hydrogen-bond donors (Lipinski definition) is 0. The van der Waals surface area contributed by atoms with Crippen LogP contribution in [0.5, 0.6) is 11.5 Å². The Balaban J connectivity index is 2.93. The molecule has 77 valence electrons. The number of methoxy groups -OCH3 is 2. The molecule has 0 saturated heterocycles. The van der Waals surface area contributed by atoms with Gasteiger partial charge in [-0.15, -0.1) is 0 Å². The van der Waals surface area contributed by atoms with E-state index in [1.54, 1.807) is 14.2 Å². The molecule has 1 aromatic carbocycles. The highest BCUT2D eigenvalue weighted by atomic mass is 16.5. The van der Waals surface area contributed by atoms with Gasteiger partial charge in [0.15, 0.2) is 0 Å². The summed E-state index contributed by atoms with van der Waals surface area (Å²) < 4.78 is 10.4. The van der Waals surface area contributed by atoms with Crippen LogP contribution in [0.3, 0.4) is 0 Å². The van der Waals surface area contributed by atoms with Crippen LogP contribution in [0.4, 0.5) is 0 Å². The third-order valence-corrected chi connectivity index (χ3v) is 2.04. The van der Waals surface area contributed by atoms with Gasteiger partial charge in [-0.25, -0.2) is 0 Å².